The lowest BCUT2D eigenvalue weighted by molar-refractivity contribution is -0.145. The predicted octanol–water partition coefficient (Wildman–Crippen LogP) is 2.16. The molecular weight excluding hydrogens is 277 g/mol. The standard InChI is InChI=1S/C15H20FNO4/c1-10(13-3-2-11(16)8-14(13)18)17-6-4-12(5-7-17)21-9-15(19)20/h2-3,8,10,12,18H,4-7,9H2,1H3,(H,19,20). The van der Waals surface area contributed by atoms with Crippen molar-refractivity contribution >= 4 is 5.97 Å². The van der Waals surface area contributed by atoms with Gasteiger partial charge in [0, 0.05) is 30.8 Å². The van der Waals surface area contributed by atoms with Crippen LogP contribution in [0.5, 0.6) is 5.75 Å². The van der Waals surface area contributed by atoms with Crippen LogP contribution < -0.4 is 0 Å². The highest BCUT2D eigenvalue weighted by atomic mass is 19.1. The Balaban J connectivity index is 1.90. The number of aromatic hydroxyl groups is 1. The molecule has 1 aliphatic rings. The Morgan fingerprint density at radius 2 is 2.14 bits per heavy atom. The third-order valence-corrected chi connectivity index (χ3v) is 3.91. The quantitative estimate of drug-likeness (QED) is 0.871. The normalized spacial score (nSPS) is 18.6. The molecule has 1 atom stereocenters. The maximum Gasteiger partial charge on any atom is 0.329 e. The fourth-order valence-electron chi connectivity index (χ4n) is 2.69. The molecule has 1 heterocycles. The highest BCUT2D eigenvalue weighted by molar-refractivity contribution is 5.68. The largest absolute Gasteiger partial charge is 0.508 e. The monoisotopic (exact) mass is 297 g/mol. The summed E-state index contributed by atoms with van der Waals surface area (Å²) in [6.07, 6.45) is 1.46. The highest BCUT2D eigenvalue weighted by Gasteiger charge is 2.25. The molecule has 1 saturated heterocycles. The SMILES string of the molecule is CC(c1ccc(F)cc1O)N1CCC(OCC(=O)O)CC1. The van der Waals surface area contributed by atoms with Gasteiger partial charge in [0.2, 0.25) is 0 Å². The zero-order valence-electron chi connectivity index (χ0n) is 12.0. The van der Waals surface area contributed by atoms with E-state index >= 15 is 0 Å². The maximum atomic E-state index is 13.0. The molecule has 0 radical (unpaired) electrons. The smallest absolute Gasteiger partial charge is 0.329 e. The molecule has 0 aliphatic carbocycles. The van der Waals surface area contributed by atoms with E-state index in [9.17, 15) is 14.3 Å². The fourth-order valence-corrected chi connectivity index (χ4v) is 2.69. The van der Waals surface area contributed by atoms with E-state index in [1.54, 1.807) is 6.07 Å². The summed E-state index contributed by atoms with van der Waals surface area (Å²) < 4.78 is 18.3. The molecule has 2 N–H and O–H groups in total. The molecule has 2 rings (SSSR count). The summed E-state index contributed by atoms with van der Waals surface area (Å²) in [4.78, 5) is 12.6. The van der Waals surface area contributed by atoms with Crippen molar-refractivity contribution < 1.29 is 24.1 Å². The van der Waals surface area contributed by atoms with Gasteiger partial charge in [-0.05, 0) is 25.8 Å². The molecule has 1 aliphatic heterocycles. The minimum atomic E-state index is -0.956. The Hall–Kier alpha value is -1.66. The first kappa shape index (κ1) is 15.7. The number of phenols is 1. The van der Waals surface area contributed by atoms with Crippen molar-refractivity contribution in [3.63, 3.8) is 0 Å². The number of rotatable bonds is 5. The van der Waals surface area contributed by atoms with Gasteiger partial charge in [0.1, 0.15) is 18.2 Å². The average molecular weight is 297 g/mol. The molecule has 0 saturated carbocycles. The molecule has 0 aromatic heterocycles. The molecule has 116 valence electrons. The van der Waals surface area contributed by atoms with Crippen LogP contribution in [0.25, 0.3) is 0 Å². The van der Waals surface area contributed by atoms with Crippen molar-refractivity contribution in [1.29, 1.82) is 0 Å². The summed E-state index contributed by atoms with van der Waals surface area (Å²) in [5.74, 6) is -1.45. The van der Waals surface area contributed by atoms with Gasteiger partial charge in [-0.15, -0.1) is 0 Å². The van der Waals surface area contributed by atoms with E-state index in [0.29, 0.717) is 5.56 Å². The number of likely N-dealkylation sites (tertiary alicyclic amines) is 1. The number of carboxylic acid groups (broad SMARTS) is 1. The van der Waals surface area contributed by atoms with Gasteiger partial charge in [0.25, 0.3) is 0 Å². The van der Waals surface area contributed by atoms with E-state index in [1.165, 1.54) is 6.07 Å². The first-order valence-electron chi connectivity index (χ1n) is 7.03. The Morgan fingerprint density at radius 1 is 1.48 bits per heavy atom. The van der Waals surface area contributed by atoms with E-state index in [0.717, 1.165) is 32.0 Å². The lowest BCUT2D eigenvalue weighted by Gasteiger charge is -2.36. The first-order chi connectivity index (χ1) is 9.97. The zero-order valence-corrected chi connectivity index (χ0v) is 12.0. The molecule has 1 unspecified atom stereocenters. The second-order valence-electron chi connectivity index (χ2n) is 5.32. The van der Waals surface area contributed by atoms with Gasteiger partial charge in [-0.2, -0.15) is 0 Å². The van der Waals surface area contributed by atoms with Crippen LogP contribution in [0.15, 0.2) is 18.2 Å². The summed E-state index contributed by atoms with van der Waals surface area (Å²) in [7, 11) is 0. The van der Waals surface area contributed by atoms with Gasteiger partial charge in [-0.1, -0.05) is 6.07 Å². The van der Waals surface area contributed by atoms with Gasteiger partial charge in [0.05, 0.1) is 6.10 Å². The summed E-state index contributed by atoms with van der Waals surface area (Å²) in [6.45, 7) is 3.20. The van der Waals surface area contributed by atoms with Crippen molar-refractivity contribution in [1.82, 2.24) is 4.90 Å². The van der Waals surface area contributed by atoms with Gasteiger partial charge in [-0.3, -0.25) is 4.90 Å². The van der Waals surface area contributed by atoms with Crippen LogP contribution in [0.1, 0.15) is 31.4 Å². The molecule has 21 heavy (non-hydrogen) atoms. The maximum absolute atomic E-state index is 13.0. The molecule has 6 heteroatoms. The minimum Gasteiger partial charge on any atom is -0.508 e. The second kappa shape index (κ2) is 6.87. The van der Waals surface area contributed by atoms with Crippen LogP contribution >= 0.6 is 0 Å². The molecule has 0 bridgehead atoms. The van der Waals surface area contributed by atoms with E-state index < -0.39 is 11.8 Å². The molecule has 1 aromatic rings. The third kappa shape index (κ3) is 4.15. The molecule has 5 nitrogen and oxygen atoms in total. The van der Waals surface area contributed by atoms with Gasteiger partial charge >= 0.3 is 5.97 Å². The zero-order chi connectivity index (χ0) is 15.4. The van der Waals surface area contributed by atoms with Gasteiger partial charge < -0.3 is 14.9 Å². The van der Waals surface area contributed by atoms with Crippen LogP contribution in [-0.4, -0.2) is 46.9 Å². The van der Waals surface area contributed by atoms with Gasteiger partial charge in [0.15, 0.2) is 0 Å². The van der Waals surface area contributed by atoms with Crippen molar-refractivity contribution in [2.24, 2.45) is 0 Å². The Kier molecular flexibility index (Phi) is 5.14. The van der Waals surface area contributed by atoms with Crippen molar-refractivity contribution in [3.8, 4) is 5.75 Å². The average Bonchev–Trinajstić information content (AvgIpc) is 2.45. The Labute approximate surface area is 122 Å². The number of hydrogen-bond acceptors (Lipinski definition) is 4. The minimum absolute atomic E-state index is 0.0222. The first-order valence-corrected chi connectivity index (χ1v) is 7.03. The van der Waals surface area contributed by atoms with E-state index in [1.807, 2.05) is 6.92 Å². The van der Waals surface area contributed by atoms with E-state index in [-0.39, 0.29) is 24.5 Å². The second-order valence-corrected chi connectivity index (χ2v) is 5.32. The number of halogens is 1. The van der Waals surface area contributed by atoms with Crippen LogP contribution in [0.3, 0.4) is 0 Å². The number of hydrogen-bond donors (Lipinski definition) is 2. The lowest BCUT2D eigenvalue weighted by atomic mass is 10.0. The predicted molar refractivity (Wildman–Crippen MR) is 74.7 cm³/mol. The van der Waals surface area contributed by atoms with Crippen molar-refractivity contribution in [2.45, 2.75) is 31.9 Å². The Morgan fingerprint density at radius 3 is 2.71 bits per heavy atom. The summed E-state index contributed by atoms with van der Waals surface area (Å²) in [5.41, 5.74) is 0.696. The number of carboxylic acids is 1. The lowest BCUT2D eigenvalue weighted by Crippen LogP contribution is -2.39. The number of nitrogens with zero attached hydrogens (tertiary/aromatic N) is 1. The van der Waals surface area contributed by atoms with Crippen LogP contribution in [0.4, 0.5) is 4.39 Å². The molecule has 1 aromatic carbocycles. The topological polar surface area (TPSA) is 70.0 Å². The number of benzene rings is 1. The fraction of sp³-hybridized carbons (Fsp3) is 0.533. The third-order valence-electron chi connectivity index (χ3n) is 3.91. The van der Waals surface area contributed by atoms with Gasteiger partial charge in [-0.25, -0.2) is 9.18 Å². The van der Waals surface area contributed by atoms with E-state index in [4.69, 9.17) is 9.84 Å². The number of carbonyl (C=O) groups is 1. The van der Waals surface area contributed by atoms with Crippen molar-refractivity contribution in [3.05, 3.63) is 29.6 Å². The number of phenolic OH excluding ortho intramolecular Hbond substituents is 1. The molecule has 1 fully saturated rings. The van der Waals surface area contributed by atoms with Crippen LogP contribution in [-0.2, 0) is 9.53 Å². The highest BCUT2D eigenvalue weighted by Crippen LogP contribution is 2.31. The molecule has 0 spiro atoms. The summed E-state index contributed by atoms with van der Waals surface area (Å²) in [6, 6.07) is 4.04. The summed E-state index contributed by atoms with van der Waals surface area (Å²) in [5, 5.41) is 18.4. The van der Waals surface area contributed by atoms with Crippen LogP contribution in [0, 0.1) is 5.82 Å². The summed E-state index contributed by atoms with van der Waals surface area (Å²) >= 11 is 0. The number of ether oxygens (including phenoxy) is 1. The Bertz CT molecular complexity index is 500. The van der Waals surface area contributed by atoms with E-state index in [2.05, 4.69) is 4.90 Å². The molecular formula is C15H20FNO4. The van der Waals surface area contributed by atoms with Crippen LogP contribution in [0.2, 0.25) is 0 Å². The number of aliphatic carboxylic acids is 1. The number of piperidine rings is 1. The molecule has 0 amide bonds. The van der Waals surface area contributed by atoms with Crippen molar-refractivity contribution in [2.75, 3.05) is 19.7 Å².